The Morgan fingerprint density at radius 1 is 1.02 bits per heavy atom. The third-order valence-corrected chi connectivity index (χ3v) is 10.5. The number of halogens is 1. The first-order valence-electron chi connectivity index (χ1n) is 16.2. The monoisotopic (exact) mass is 621 g/mol. The molecule has 44 heavy (non-hydrogen) atoms. The van der Waals surface area contributed by atoms with Gasteiger partial charge in [0, 0.05) is 49.9 Å². The van der Waals surface area contributed by atoms with Crippen LogP contribution in [0.5, 0.6) is 0 Å². The minimum Gasteiger partial charge on any atom is -0.361 e. The minimum atomic E-state index is -0.348. The lowest BCUT2D eigenvalue weighted by Gasteiger charge is -2.48. The van der Waals surface area contributed by atoms with Crippen LogP contribution in [0.25, 0.3) is 0 Å². The van der Waals surface area contributed by atoms with Gasteiger partial charge in [-0.25, -0.2) is 4.98 Å². The Kier molecular flexibility index (Phi) is 9.66. The molecule has 236 valence electrons. The summed E-state index contributed by atoms with van der Waals surface area (Å²) in [5, 5.41) is 12.8. The van der Waals surface area contributed by atoms with Crippen LogP contribution in [0.3, 0.4) is 0 Å². The Bertz CT molecular complexity index is 1370. The zero-order chi connectivity index (χ0) is 30.5. The second-order valence-electron chi connectivity index (χ2n) is 13.1. The largest absolute Gasteiger partial charge is 0.361 e. The van der Waals surface area contributed by atoms with Crippen molar-refractivity contribution in [3.63, 3.8) is 0 Å². The first-order valence-corrected chi connectivity index (χ1v) is 16.6. The van der Waals surface area contributed by atoms with Crippen molar-refractivity contribution in [2.45, 2.75) is 89.8 Å². The number of piperidine rings is 2. The van der Waals surface area contributed by atoms with Gasteiger partial charge in [-0.2, -0.15) is 5.10 Å². The second-order valence-corrected chi connectivity index (χ2v) is 13.5. The number of amides is 2. The number of hydrogen-bond donors (Lipinski definition) is 1. The molecule has 11 heteroatoms. The highest BCUT2D eigenvalue weighted by atomic mass is 35.5. The molecule has 0 bridgehead atoms. The van der Waals surface area contributed by atoms with E-state index in [0.717, 1.165) is 50.9 Å². The Hall–Kier alpha value is -3.24. The van der Waals surface area contributed by atoms with Gasteiger partial charge in [-0.05, 0) is 80.9 Å². The normalized spacial score (nSPS) is 20.5. The molecule has 1 aromatic carbocycles. The summed E-state index contributed by atoms with van der Waals surface area (Å²) in [5.74, 6) is 1.35. The summed E-state index contributed by atoms with van der Waals surface area (Å²) >= 11 is 6.17. The van der Waals surface area contributed by atoms with Crippen molar-refractivity contribution in [1.29, 1.82) is 0 Å². The van der Waals surface area contributed by atoms with Crippen molar-refractivity contribution in [1.82, 2.24) is 35.0 Å². The molecular weight excluding hydrogens is 578 g/mol. The summed E-state index contributed by atoms with van der Waals surface area (Å²) in [5.41, 5.74) is 1.57. The molecule has 3 aliphatic rings. The van der Waals surface area contributed by atoms with Crippen molar-refractivity contribution < 1.29 is 14.1 Å². The molecule has 2 aliphatic heterocycles. The molecule has 1 N–H and O–H groups in total. The quantitative estimate of drug-likeness (QED) is 0.361. The third kappa shape index (κ3) is 7.18. The van der Waals surface area contributed by atoms with Crippen LogP contribution in [0, 0.1) is 18.3 Å². The average Bonchev–Trinajstić information content (AvgIpc) is 3.74. The summed E-state index contributed by atoms with van der Waals surface area (Å²) in [6, 6.07) is 9.26. The molecule has 10 nitrogen and oxygen atoms in total. The molecule has 0 spiro atoms. The lowest BCUT2D eigenvalue weighted by molar-refractivity contribution is -0.137. The average molecular weight is 622 g/mol. The summed E-state index contributed by atoms with van der Waals surface area (Å²) < 4.78 is 7.10. The number of hydrogen-bond acceptors (Lipinski definition) is 7. The lowest BCUT2D eigenvalue weighted by Crippen LogP contribution is -2.56. The maximum atomic E-state index is 14.2. The number of rotatable bonds is 9. The van der Waals surface area contributed by atoms with E-state index in [9.17, 15) is 9.59 Å². The van der Waals surface area contributed by atoms with E-state index in [1.807, 2.05) is 40.2 Å². The zero-order valence-electron chi connectivity index (χ0n) is 25.7. The van der Waals surface area contributed by atoms with Crippen LogP contribution in [-0.4, -0.2) is 79.8 Å². The van der Waals surface area contributed by atoms with E-state index in [2.05, 4.69) is 25.5 Å². The number of carbonyl (C=O) groups is 2. The predicted molar refractivity (Wildman–Crippen MR) is 167 cm³/mol. The topological polar surface area (TPSA) is 109 Å². The van der Waals surface area contributed by atoms with Crippen LogP contribution in [0.2, 0.25) is 5.02 Å². The van der Waals surface area contributed by atoms with Crippen LogP contribution >= 0.6 is 11.6 Å². The van der Waals surface area contributed by atoms with Crippen LogP contribution in [0.4, 0.5) is 0 Å². The fraction of sp³-hybridized carbons (Fsp3) is 0.606. The summed E-state index contributed by atoms with van der Waals surface area (Å²) in [6.45, 7) is 5.39. The van der Waals surface area contributed by atoms with E-state index in [-0.39, 0.29) is 29.3 Å². The highest BCUT2D eigenvalue weighted by Gasteiger charge is 2.44. The second kappa shape index (κ2) is 13.8. The van der Waals surface area contributed by atoms with Gasteiger partial charge in [-0.15, -0.1) is 0 Å². The number of aromatic nitrogens is 4. The molecule has 0 unspecified atom stereocenters. The first-order chi connectivity index (χ1) is 21.4. The Balaban J connectivity index is 1.12. The number of carbonyl (C=O) groups excluding carboxylic acids is 2. The molecule has 6 rings (SSSR count). The Morgan fingerprint density at radius 2 is 1.75 bits per heavy atom. The van der Waals surface area contributed by atoms with E-state index in [1.165, 1.54) is 32.1 Å². The number of likely N-dealkylation sites (tertiary alicyclic amines) is 2. The molecule has 2 saturated heterocycles. The van der Waals surface area contributed by atoms with Crippen molar-refractivity contribution in [3.8, 4) is 0 Å². The molecule has 1 saturated carbocycles. The molecule has 1 atom stereocenters. The van der Waals surface area contributed by atoms with Crippen LogP contribution in [0.15, 0.2) is 47.5 Å². The molecule has 2 aromatic heterocycles. The van der Waals surface area contributed by atoms with Gasteiger partial charge in [0.2, 0.25) is 5.91 Å². The van der Waals surface area contributed by atoms with E-state index in [0.29, 0.717) is 41.9 Å². The van der Waals surface area contributed by atoms with Gasteiger partial charge in [0.15, 0.2) is 5.69 Å². The minimum absolute atomic E-state index is 0.102. The molecular formula is C33H44ClN7O3. The van der Waals surface area contributed by atoms with Gasteiger partial charge in [0.1, 0.15) is 18.4 Å². The van der Waals surface area contributed by atoms with E-state index < -0.39 is 0 Å². The van der Waals surface area contributed by atoms with Gasteiger partial charge in [-0.1, -0.05) is 48.2 Å². The van der Waals surface area contributed by atoms with Crippen molar-refractivity contribution in [3.05, 3.63) is 65.0 Å². The van der Waals surface area contributed by atoms with Gasteiger partial charge in [0.25, 0.3) is 5.91 Å². The van der Waals surface area contributed by atoms with Gasteiger partial charge in [0.05, 0.1) is 6.04 Å². The number of nitrogens with zero attached hydrogens (tertiary/aromatic N) is 6. The molecule has 4 heterocycles. The van der Waals surface area contributed by atoms with Crippen molar-refractivity contribution in [2.24, 2.45) is 11.3 Å². The molecule has 3 aromatic rings. The fourth-order valence-corrected chi connectivity index (χ4v) is 7.80. The maximum Gasteiger partial charge on any atom is 0.276 e. The predicted octanol–water partition coefficient (Wildman–Crippen LogP) is 4.92. The zero-order valence-corrected chi connectivity index (χ0v) is 26.4. The van der Waals surface area contributed by atoms with Gasteiger partial charge < -0.3 is 19.6 Å². The summed E-state index contributed by atoms with van der Waals surface area (Å²) in [7, 11) is 0. The molecule has 0 radical (unpaired) electrons. The Labute approximate surface area is 264 Å². The lowest BCUT2D eigenvalue weighted by atomic mass is 9.63. The molecule has 3 fully saturated rings. The van der Waals surface area contributed by atoms with Crippen molar-refractivity contribution >= 4 is 23.4 Å². The van der Waals surface area contributed by atoms with Gasteiger partial charge in [-0.3, -0.25) is 14.3 Å². The third-order valence-electron chi connectivity index (χ3n) is 10.2. The first kappa shape index (κ1) is 30.8. The highest BCUT2D eigenvalue weighted by Crippen LogP contribution is 2.47. The van der Waals surface area contributed by atoms with Gasteiger partial charge >= 0.3 is 0 Å². The maximum absolute atomic E-state index is 14.2. The van der Waals surface area contributed by atoms with Crippen LogP contribution in [-0.2, 0) is 17.8 Å². The summed E-state index contributed by atoms with van der Waals surface area (Å²) in [4.78, 5) is 35.2. The van der Waals surface area contributed by atoms with Crippen LogP contribution in [0.1, 0.15) is 79.6 Å². The van der Waals surface area contributed by atoms with Crippen molar-refractivity contribution in [2.75, 3.05) is 26.2 Å². The summed E-state index contributed by atoms with van der Waals surface area (Å²) in [6.07, 6.45) is 14.0. The highest BCUT2D eigenvalue weighted by molar-refractivity contribution is 6.30. The molecule has 2 amide bonds. The fourth-order valence-electron chi connectivity index (χ4n) is 7.68. The van der Waals surface area contributed by atoms with E-state index in [4.69, 9.17) is 16.1 Å². The SMILES string of the molecule is Cc1cc(C(=O)N2CCC(N[C@H](Cc3ccc(Cl)cc3)C(=O)N3CCC(Cn4cncn4)(C4CCCCC4)CC3)CC2)no1. The number of nitrogens with one attached hydrogen (secondary N) is 1. The van der Waals surface area contributed by atoms with E-state index in [1.54, 1.807) is 19.3 Å². The standard InChI is InChI=1S/C33H44ClN7O3/c1-24-19-30(38-44-24)32(43)39-15-11-28(12-16-39)37-29(20-25-7-9-27(34)10-8-25)31(42)40-17-13-33(14-18-40,21-41-23-35-22-36-41)26-5-3-2-4-6-26/h7-10,19,22-23,26,28-29,37H,2-6,11-18,20-21H2,1H3/t29-/m1/s1. The Morgan fingerprint density at radius 3 is 2.39 bits per heavy atom. The number of benzene rings is 1. The number of aryl methyl sites for hydroxylation is 1. The van der Waals surface area contributed by atoms with E-state index >= 15 is 0 Å². The molecule has 1 aliphatic carbocycles. The smallest absolute Gasteiger partial charge is 0.276 e. The van der Waals surface area contributed by atoms with Crippen LogP contribution < -0.4 is 5.32 Å².